The summed E-state index contributed by atoms with van der Waals surface area (Å²) < 4.78 is 38.3. The van der Waals surface area contributed by atoms with E-state index in [2.05, 4.69) is 4.98 Å². The van der Waals surface area contributed by atoms with Crippen LogP contribution in [0.1, 0.15) is 18.4 Å². The maximum Gasteiger partial charge on any atom is 0.405 e. The van der Waals surface area contributed by atoms with Crippen LogP contribution in [0.2, 0.25) is 0 Å². The summed E-state index contributed by atoms with van der Waals surface area (Å²) in [5.41, 5.74) is 0.782. The highest BCUT2D eigenvalue weighted by Crippen LogP contribution is 2.35. The number of nitriles is 1. The molecule has 21 heavy (non-hydrogen) atoms. The molecule has 0 aliphatic heterocycles. The lowest BCUT2D eigenvalue weighted by Gasteiger charge is -2.25. The standard InChI is InChI=1S/C15H12F3N3/c16-15(17,18)9-21(12-5-6-12)14-11(8-19)7-10-3-1-2-4-13(10)20-14/h1-4,7,12H,5-6,9H2. The predicted molar refractivity (Wildman–Crippen MR) is 72.9 cm³/mol. The second-order valence-corrected chi connectivity index (χ2v) is 5.14. The summed E-state index contributed by atoms with van der Waals surface area (Å²) in [6, 6.07) is 10.5. The zero-order valence-corrected chi connectivity index (χ0v) is 11.1. The number of fused-ring (bicyclic) bond motifs is 1. The van der Waals surface area contributed by atoms with E-state index in [1.807, 2.05) is 6.07 Å². The Labute approximate surface area is 119 Å². The maximum absolute atomic E-state index is 12.8. The van der Waals surface area contributed by atoms with Gasteiger partial charge in [0.2, 0.25) is 0 Å². The first-order chi connectivity index (χ1) is 9.98. The molecule has 0 saturated heterocycles. The fourth-order valence-electron chi connectivity index (χ4n) is 2.36. The molecule has 0 unspecified atom stereocenters. The first-order valence-corrected chi connectivity index (χ1v) is 6.61. The van der Waals surface area contributed by atoms with Crippen molar-refractivity contribution in [3.8, 4) is 6.07 Å². The Kier molecular flexibility index (Phi) is 3.20. The average Bonchev–Trinajstić information content (AvgIpc) is 3.27. The number of benzene rings is 1. The summed E-state index contributed by atoms with van der Waals surface area (Å²) in [6.45, 7) is -1.07. The molecule has 108 valence electrons. The van der Waals surface area contributed by atoms with E-state index in [0.29, 0.717) is 18.4 Å². The molecule has 0 amide bonds. The van der Waals surface area contributed by atoms with Crippen LogP contribution < -0.4 is 4.90 Å². The number of hydrogen-bond acceptors (Lipinski definition) is 3. The second kappa shape index (κ2) is 4.92. The minimum absolute atomic E-state index is 0.135. The lowest BCUT2D eigenvalue weighted by atomic mass is 10.1. The molecule has 1 aliphatic carbocycles. The van der Waals surface area contributed by atoms with Crippen molar-refractivity contribution >= 4 is 16.7 Å². The molecular formula is C15H12F3N3. The Morgan fingerprint density at radius 2 is 2.00 bits per heavy atom. The van der Waals surface area contributed by atoms with E-state index < -0.39 is 12.7 Å². The number of nitrogens with zero attached hydrogens (tertiary/aromatic N) is 3. The van der Waals surface area contributed by atoms with Crippen molar-refractivity contribution in [3.63, 3.8) is 0 Å². The van der Waals surface area contributed by atoms with E-state index in [1.54, 1.807) is 30.3 Å². The van der Waals surface area contributed by atoms with Crippen LogP contribution >= 0.6 is 0 Å². The van der Waals surface area contributed by atoms with Gasteiger partial charge in [0.1, 0.15) is 18.4 Å². The summed E-state index contributed by atoms with van der Waals surface area (Å²) in [5.74, 6) is 0.135. The molecule has 1 saturated carbocycles. The van der Waals surface area contributed by atoms with E-state index >= 15 is 0 Å². The number of alkyl halides is 3. The van der Waals surface area contributed by atoms with Gasteiger partial charge in [0.15, 0.2) is 0 Å². The summed E-state index contributed by atoms with van der Waals surface area (Å²) >= 11 is 0. The molecule has 1 aromatic heterocycles. The third-order valence-corrected chi connectivity index (χ3v) is 3.43. The van der Waals surface area contributed by atoms with Crippen LogP contribution in [0.5, 0.6) is 0 Å². The van der Waals surface area contributed by atoms with Crippen molar-refractivity contribution in [1.82, 2.24) is 4.98 Å². The third kappa shape index (κ3) is 2.92. The van der Waals surface area contributed by atoms with E-state index in [9.17, 15) is 18.4 Å². The van der Waals surface area contributed by atoms with Gasteiger partial charge in [0.05, 0.1) is 11.1 Å². The lowest BCUT2D eigenvalue weighted by molar-refractivity contribution is -0.120. The van der Waals surface area contributed by atoms with Crippen molar-refractivity contribution in [2.24, 2.45) is 0 Å². The Hall–Kier alpha value is -2.29. The Bertz CT molecular complexity index is 714. The largest absolute Gasteiger partial charge is 0.405 e. The van der Waals surface area contributed by atoms with Crippen molar-refractivity contribution in [3.05, 3.63) is 35.9 Å². The Balaban J connectivity index is 2.10. The summed E-state index contributed by atoms with van der Waals surface area (Å²) in [5, 5.41) is 9.98. The van der Waals surface area contributed by atoms with Crippen molar-refractivity contribution in [2.45, 2.75) is 25.1 Å². The van der Waals surface area contributed by atoms with Gasteiger partial charge in [0.25, 0.3) is 0 Å². The van der Waals surface area contributed by atoms with E-state index in [1.165, 1.54) is 4.90 Å². The highest BCUT2D eigenvalue weighted by molar-refractivity contribution is 5.83. The lowest BCUT2D eigenvalue weighted by Crippen LogP contribution is -2.37. The first kappa shape index (κ1) is 13.7. The molecule has 1 fully saturated rings. The minimum atomic E-state index is -4.32. The molecule has 6 heteroatoms. The van der Waals surface area contributed by atoms with Gasteiger partial charge in [-0.2, -0.15) is 18.4 Å². The summed E-state index contributed by atoms with van der Waals surface area (Å²) in [6.07, 6.45) is -2.91. The third-order valence-electron chi connectivity index (χ3n) is 3.43. The normalized spacial score (nSPS) is 15.0. The van der Waals surface area contributed by atoms with Gasteiger partial charge in [-0.15, -0.1) is 0 Å². The van der Waals surface area contributed by atoms with Gasteiger partial charge in [-0.1, -0.05) is 18.2 Å². The Morgan fingerprint density at radius 3 is 2.62 bits per heavy atom. The summed E-state index contributed by atoms with van der Waals surface area (Å²) in [7, 11) is 0. The number of pyridine rings is 1. The smallest absolute Gasteiger partial charge is 0.343 e. The fourth-order valence-corrected chi connectivity index (χ4v) is 2.36. The zero-order chi connectivity index (χ0) is 15.0. The van der Waals surface area contributed by atoms with Gasteiger partial charge in [-0.05, 0) is 25.0 Å². The van der Waals surface area contributed by atoms with Crippen LogP contribution in [0, 0.1) is 11.3 Å². The van der Waals surface area contributed by atoms with Crippen LogP contribution in [0.25, 0.3) is 10.9 Å². The van der Waals surface area contributed by atoms with Crippen molar-refractivity contribution in [1.29, 1.82) is 5.26 Å². The highest BCUT2D eigenvalue weighted by atomic mass is 19.4. The van der Waals surface area contributed by atoms with E-state index in [4.69, 9.17) is 0 Å². The SMILES string of the molecule is N#Cc1cc2ccccc2nc1N(CC(F)(F)F)C1CC1. The molecule has 0 atom stereocenters. The number of para-hydroxylation sites is 1. The minimum Gasteiger partial charge on any atom is -0.343 e. The fraction of sp³-hybridized carbons (Fsp3) is 0.333. The number of anilines is 1. The van der Waals surface area contributed by atoms with Gasteiger partial charge in [0, 0.05) is 11.4 Å². The first-order valence-electron chi connectivity index (χ1n) is 6.61. The molecule has 1 heterocycles. The molecule has 0 radical (unpaired) electrons. The molecule has 2 aromatic rings. The molecule has 3 rings (SSSR count). The van der Waals surface area contributed by atoms with E-state index in [0.717, 1.165) is 5.39 Å². The monoisotopic (exact) mass is 291 g/mol. The molecule has 3 nitrogen and oxygen atoms in total. The van der Waals surface area contributed by atoms with Gasteiger partial charge in [-0.3, -0.25) is 0 Å². The van der Waals surface area contributed by atoms with Crippen molar-refractivity contribution < 1.29 is 13.2 Å². The average molecular weight is 291 g/mol. The molecule has 0 spiro atoms. The maximum atomic E-state index is 12.8. The number of halogens is 3. The quantitative estimate of drug-likeness (QED) is 0.866. The van der Waals surface area contributed by atoms with Crippen molar-refractivity contribution in [2.75, 3.05) is 11.4 Å². The van der Waals surface area contributed by atoms with Crippen LogP contribution in [0.3, 0.4) is 0 Å². The molecule has 1 aromatic carbocycles. The second-order valence-electron chi connectivity index (χ2n) is 5.14. The zero-order valence-electron chi connectivity index (χ0n) is 11.1. The Morgan fingerprint density at radius 1 is 1.29 bits per heavy atom. The number of rotatable bonds is 3. The van der Waals surface area contributed by atoms with E-state index in [-0.39, 0.29) is 17.4 Å². The van der Waals surface area contributed by atoms with Crippen LogP contribution in [0.15, 0.2) is 30.3 Å². The van der Waals surface area contributed by atoms with Crippen LogP contribution in [-0.2, 0) is 0 Å². The van der Waals surface area contributed by atoms with Gasteiger partial charge >= 0.3 is 6.18 Å². The highest BCUT2D eigenvalue weighted by Gasteiger charge is 2.39. The topological polar surface area (TPSA) is 39.9 Å². The van der Waals surface area contributed by atoms with Crippen LogP contribution in [0.4, 0.5) is 19.0 Å². The van der Waals surface area contributed by atoms with Gasteiger partial charge in [-0.25, -0.2) is 4.98 Å². The number of aromatic nitrogens is 1. The summed E-state index contributed by atoms with van der Waals surface area (Å²) in [4.78, 5) is 5.51. The molecule has 0 N–H and O–H groups in total. The molecule has 1 aliphatic rings. The molecule has 0 bridgehead atoms. The predicted octanol–water partition coefficient (Wildman–Crippen LogP) is 3.64. The molecular weight excluding hydrogens is 279 g/mol. The van der Waals surface area contributed by atoms with Crippen LogP contribution in [-0.4, -0.2) is 23.7 Å². The number of hydrogen-bond donors (Lipinski definition) is 0. The van der Waals surface area contributed by atoms with Gasteiger partial charge < -0.3 is 4.90 Å².